The topological polar surface area (TPSA) is 65.7 Å². The molecule has 0 saturated heterocycles. The first kappa shape index (κ1) is 20.5. The Balaban J connectivity index is 1.65. The zero-order valence-corrected chi connectivity index (χ0v) is 17.1. The van der Waals surface area contributed by atoms with Crippen molar-refractivity contribution in [1.82, 2.24) is 4.98 Å². The molecule has 0 saturated carbocycles. The lowest BCUT2D eigenvalue weighted by atomic mass is 9.85. The van der Waals surface area contributed by atoms with Crippen LogP contribution < -0.4 is 0 Å². The Hall–Kier alpha value is -3.76. The maximum atomic E-state index is 9.71. The van der Waals surface area contributed by atoms with Gasteiger partial charge < -0.3 is 10.3 Å². The molecule has 0 aliphatic heterocycles. The number of aliphatic hydroxyl groups is 1. The van der Waals surface area contributed by atoms with Gasteiger partial charge in [-0.3, -0.25) is 4.98 Å². The summed E-state index contributed by atoms with van der Waals surface area (Å²) in [6.07, 6.45) is 3.97. The van der Waals surface area contributed by atoms with E-state index in [9.17, 15) is 10.3 Å². The molecule has 1 atom stereocenters. The van der Waals surface area contributed by atoms with Crippen molar-refractivity contribution < 1.29 is 10.3 Å². The van der Waals surface area contributed by atoms with Crippen LogP contribution in [0.4, 0.5) is 0 Å². The molecule has 154 valence electrons. The van der Waals surface area contributed by atoms with Crippen molar-refractivity contribution in [3.05, 3.63) is 126 Å². The quantitative estimate of drug-likeness (QED) is 0.236. The summed E-state index contributed by atoms with van der Waals surface area (Å²) in [5, 5.41) is 22.6. The summed E-state index contributed by atoms with van der Waals surface area (Å²) in [5.74, 6) is 0.0473. The largest absolute Gasteiger partial charge is 0.411 e. The maximum Gasteiger partial charge on any atom is 0.0878 e. The van der Waals surface area contributed by atoms with E-state index >= 15 is 0 Å². The molecule has 4 nitrogen and oxygen atoms in total. The highest BCUT2D eigenvalue weighted by Crippen LogP contribution is 2.31. The standard InChI is InChI=1S/C27H24N2O2/c30-19-20-6-8-21(9-7-20)22-10-12-24(13-11-22)26(23-4-2-1-3-5-23)18-27(29-31)25-14-16-28-17-15-25/h1-17,26,30-31H,18-19H2/b29-27+. The third-order valence-electron chi connectivity index (χ3n) is 5.52. The minimum atomic E-state index is 0.0458. The molecule has 0 radical (unpaired) electrons. The Kier molecular flexibility index (Phi) is 6.50. The fourth-order valence-electron chi connectivity index (χ4n) is 3.78. The summed E-state index contributed by atoms with van der Waals surface area (Å²) in [4.78, 5) is 4.06. The third kappa shape index (κ3) is 4.87. The SMILES string of the molecule is OCc1ccc(-c2ccc(C(C/C(=N\O)c3ccncc3)c3ccccc3)cc2)cc1. The van der Waals surface area contributed by atoms with Gasteiger partial charge in [-0.1, -0.05) is 84.0 Å². The highest BCUT2D eigenvalue weighted by atomic mass is 16.4. The lowest BCUT2D eigenvalue weighted by Crippen LogP contribution is -2.10. The number of nitrogens with zero attached hydrogens (tertiary/aromatic N) is 2. The Morgan fingerprint density at radius 1 is 0.742 bits per heavy atom. The lowest BCUT2D eigenvalue weighted by molar-refractivity contribution is 0.282. The molecule has 2 N–H and O–H groups in total. The highest BCUT2D eigenvalue weighted by molar-refractivity contribution is 6.00. The minimum Gasteiger partial charge on any atom is -0.411 e. The number of benzene rings is 3. The van der Waals surface area contributed by atoms with E-state index in [0.29, 0.717) is 12.1 Å². The van der Waals surface area contributed by atoms with Crippen molar-refractivity contribution in [2.24, 2.45) is 5.16 Å². The molecule has 4 heteroatoms. The molecule has 0 aliphatic rings. The molecule has 1 unspecified atom stereocenters. The van der Waals surface area contributed by atoms with Crippen molar-refractivity contribution in [2.75, 3.05) is 0 Å². The Bertz CT molecular complexity index is 1120. The number of hydrogen-bond donors (Lipinski definition) is 2. The Morgan fingerprint density at radius 3 is 1.90 bits per heavy atom. The van der Waals surface area contributed by atoms with Gasteiger partial charge in [0.25, 0.3) is 0 Å². The van der Waals surface area contributed by atoms with Crippen molar-refractivity contribution in [1.29, 1.82) is 0 Å². The van der Waals surface area contributed by atoms with Gasteiger partial charge in [-0.05, 0) is 39.9 Å². The van der Waals surface area contributed by atoms with E-state index in [0.717, 1.165) is 33.4 Å². The second-order valence-corrected chi connectivity index (χ2v) is 7.43. The molecule has 0 spiro atoms. The fourth-order valence-corrected chi connectivity index (χ4v) is 3.78. The van der Waals surface area contributed by atoms with Gasteiger partial charge in [-0.2, -0.15) is 0 Å². The third-order valence-corrected chi connectivity index (χ3v) is 5.52. The first-order valence-electron chi connectivity index (χ1n) is 10.2. The number of pyridine rings is 1. The van der Waals surface area contributed by atoms with Crippen LogP contribution >= 0.6 is 0 Å². The summed E-state index contributed by atoms with van der Waals surface area (Å²) in [7, 11) is 0. The predicted octanol–water partition coefficient (Wildman–Crippen LogP) is 5.64. The van der Waals surface area contributed by atoms with Crippen LogP contribution in [0.1, 0.15) is 34.6 Å². The molecular weight excluding hydrogens is 384 g/mol. The van der Waals surface area contributed by atoms with Gasteiger partial charge in [-0.25, -0.2) is 0 Å². The van der Waals surface area contributed by atoms with E-state index in [4.69, 9.17) is 0 Å². The number of aliphatic hydroxyl groups excluding tert-OH is 1. The van der Waals surface area contributed by atoms with Gasteiger partial charge >= 0.3 is 0 Å². The summed E-state index contributed by atoms with van der Waals surface area (Å²) >= 11 is 0. The van der Waals surface area contributed by atoms with Crippen molar-refractivity contribution >= 4 is 5.71 Å². The molecule has 4 rings (SSSR count). The molecule has 0 bridgehead atoms. The Labute approximate surface area is 182 Å². The average Bonchev–Trinajstić information content (AvgIpc) is 2.86. The summed E-state index contributed by atoms with van der Waals surface area (Å²) in [6.45, 7) is 0.0458. The molecular formula is C27H24N2O2. The van der Waals surface area contributed by atoms with Crippen LogP contribution in [0, 0.1) is 0 Å². The minimum absolute atomic E-state index is 0.0458. The molecule has 3 aromatic carbocycles. The predicted molar refractivity (Wildman–Crippen MR) is 123 cm³/mol. The summed E-state index contributed by atoms with van der Waals surface area (Å²) in [5.41, 5.74) is 6.92. The van der Waals surface area contributed by atoms with Gasteiger partial charge in [-0.15, -0.1) is 0 Å². The van der Waals surface area contributed by atoms with Crippen molar-refractivity contribution in [3.63, 3.8) is 0 Å². The van der Waals surface area contributed by atoms with Gasteiger partial charge in [0.05, 0.1) is 12.3 Å². The van der Waals surface area contributed by atoms with Crippen LogP contribution in [0.15, 0.2) is 109 Å². The Morgan fingerprint density at radius 2 is 1.32 bits per heavy atom. The normalized spacial score (nSPS) is 12.5. The van der Waals surface area contributed by atoms with E-state index in [1.807, 2.05) is 54.6 Å². The summed E-state index contributed by atoms with van der Waals surface area (Å²) in [6, 6.07) is 30.4. The average molecular weight is 409 g/mol. The fraction of sp³-hybridized carbons (Fsp3) is 0.111. The van der Waals surface area contributed by atoms with E-state index < -0.39 is 0 Å². The van der Waals surface area contributed by atoms with Crippen LogP contribution in [0.5, 0.6) is 0 Å². The number of rotatable bonds is 7. The second kappa shape index (κ2) is 9.83. The van der Waals surface area contributed by atoms with E-state index in [-0.39, 0.29) is 12.5 Å². The van der Waals surface area contributed by atoms with Gasteiger partial charge in [0, 0.05) is 30.3 Å². The number of aromatic nitrogens is 1. The summed E-state index contributed by atoms with van der Waals surface area (Å²) < 4.78 is 0. The first-order chi connectivity index (χ1) is 15.3. The molecule has 4 aromatic rings. The van der Waals surface area contributed by atoms with Crippen LogP contribution in [0.3, 0.4) is 0 Å². The zero-order valence-electron chi connectivity index (χ0n) is 17.1. The van der Waals surface area contributed by atoms with Crippen LogP contribution in [-0.4, -0.2) is 21.0 Å². The van der Waals surface area contributed by atoms with E-state index in [1.165, 1.54) is 0 Å². The van der Waals surface area contributed by atoms with Crippen LogP contribution in [-0.2, 0) is 6.61 Å². The first-order valence-corrected chi connectivity index (χ1v) is 10.2. The monoisotopic (exact) mass is 408 g/mol. The molecule has 1 aromatic heterocycles. The number of hydrogen-bond acceptors (Lipinski definition) is 4. The van der Waals surface area contributed by atoms with Gasteiger partial charge in [0.1, 0.15) is 0 Å². The smallest absolute Gasteiger partial charge is 0.0878 e. The maximum absolute atomic E-state index is 9.71. The van der Waals surface area contributed by atoms with Gasteiger partial charge in [0.15, 0.2) is 0 Å². The molecule has 1 heterocycles. The second-order valence-electron chi connectivity index (χ2n) is 7.43. The van der Waals surface area contributed by atoms with E-state index in [1.54, 1.807) is 12.4 Å². The molecule has 0 amide bonds. The van der Waals surface area contributed by atoms with Crippen LogP contribution in [0.2, 0.25) is 0 Å². The van der Waals surface area contributed by atoms with E-state index in [2.05, 4.69) is 46.5 Å². The highest BCUT2D eigenvalue weighted by Gasteiger charge is 2.19. The molecule has 0 aliphatic carbocycles. The lowest BCUT2D eigenvalue weighted by Gasteiger charge is -2.19. The van der Waals surface area contributed by atoms with Crippen LogP contribution in [0.25, 0.3) is 11.1 Å². The molecule has 31 heavy (non-hydrogen) atoms. The zero-order chi connectivity index (χ0) is 21.5. The molecule has 0 fully saturated rings. The van der Waals surface area contributed by atoms with Gasteiger partial charge in [0.2, 0.25) is 0 Å². The van der Waals surface area contributed by atoms with Crippen molar-refractivity contribution in [2.45, 2.75) is 18.9 Å². The number of oxime groups is 1. The van der Waals surface area contributed by atoms with Crippen molar-refractivity contribution in [3.8, 4) is 11.1 Å².